The molecule has 2 saturated heterocycles. The van der Waals surface area contributed by atoms with Crippen molar-refractivity contribution < 1.29 is 70.0 Å². The van der Waals surface area contributed by atoms with Crippen LogP contribution in [0.1, 0.15) is 106 Å². The normalized spacial score (nSPS) is 54.8. The van der Waals surface area contributed by atoms with Crippen molar-refractivity contribution in [1.82, 2.24) is 0 Å². The minimum absolute atomic E-state index is 0.0251. The summed E-state index contributed by atoms with van der Waals surface area (Å²) < 4.78 is 24.3. The van der Waals surface area contributed by atoms with Gasteiger partial charge < -0.3 is 70.0 Å². The molecule has 5 aliphatic carbocycles. The van der Waals surface area contributed by atoms with Crippen molar-refractivity contribution >= 4 is 0 Å². The van der Waals surface area contributed by atoms with E-state index < -0.39 is 98.4 Å². The quantitative estimate of drug-likeness (QED) is 0.130. The zero-order valence-electron chi connectivity index (χ0n) is 34.4. The van der Waals surface area contributed by atoms with E-state index in [0.29, 0.717) is 25.7 Å². The number of aliphatic hydroxyl groups is 10. The highest BCUT2D eigenvalue weighted by Gasteiger charge is 2.85. The molecule has 2 aliphatic heterocycles. The fraction of sp³-hybridized carbons (Fsp3) is 1.00. The first-order valence-corrected chi connectivity index (χ1v) is 21.4. The Morgan fingerprint density at radius 2 is 1.29 bits per heavy atom. The Morgan fingerprint density at radius 1 is 0.679 bits per heavy atom. The molecule has 7 aliphatic rings. The van der Waals surface area contributed by atoms with Crippen LogP contribution in [-0.2, 0) is 18.9 Å². The van der Waals surface area contributed by atoms with Crippen LogP contribution < -0.4 is 0 Å². The zero-order chi connectivity index (χ0) is 41.1. The van der Waals surface area contributed by atoms with Crippen LogP contribution in [0.4, 0.5) is 0 Å². The molecule has 14 heteroatoms. The van der Waals surface area contributed by atoms with Gasteiger partial charge in [-0.05, 0) is 109 Å². The summed E-state index contributed by atoms with van der Waals surface area (Å²) in [6, 6.07) is 0. The molecule has 0 aromatic heterocycles. The molecule has 56 heavy (non-hydrogen) atoms. The van der Waals surface area contributed by atoms with Crippen molar-refractivity contribution in [3.63, 3.8) is 0 Å². The minimum atomic E-state index is -1.76. The average Bonchev–Trinajstić information content (AvgIpc) is 3.78. The molecule has 14 nitrogen and oxygen atoms in total. The molecule has 0 radical (unpaired) electrons. The second kappa shape index (κ2) is 15.1. The lowest BCUT2D eigenvalue weighted by Crippen LogP contribution is -2.66. The SMILES string of the molecule is CC(C)[C@@H](O)CC[C@@H](C)[C@H]1[C@@H](O)C[C@@]2(C)[C@@H]3CC[C@@H]4C(C)(C)[C@@H](O[C@@H]5O[C@H](CO)[C@@H](O)[C@H](O)[C@H]5O[C@@H]5O[C@H](CO)[C@@H](O)[C@H](O)[C@H]5O)CC[C@@]45C[C@@]35[C@H](O)C[C@]12C. The molecule has 0 aromatic rings. The summed E-state index contributed by atoms with van der Waals surface area (Å²) in [5.41, 5.74) is -1.30. The van der Waals surface area contributed by atoms with Crippen LogP contribution in [0.3, 0.4) is 0 Å². The lowest BCUT2D eigenvalue weighted by molar-refractivity contribution is -0.377. The number of hydrogen-bond donors (Lipinski definition) is 10. The number of fused-ring (bicyclic) bond motifs is 2. The Kier molecular flexibility index (Phi) is 11.7. The maximum atomic E-state index is 12.5. The summed E-state index contributed by atoms with van der Waals surface area (Å²) in [6.07, 6.45) is -10.0. The standard InChI is InChI=1S/C42H72O14/c1-19(2)21(45)9-8-20(3)29-22(46)14-39(6)26-11-10-25-38(4,5)28(12-13-41(25)18-42(26,41)27(47)15-40(29,39)7)55-37-35(33(51)31(49)24(17-44)54-37)56-36-34(52)32(50)30(48)23(16-43)53-36/h19-37,43-52H,8-18H2,1-7H3/t20-,21+,22+,23-,24-,25-,26+,27-,28+,29+,30-,31-,32+,33+,34-,35-,36+,37+,39+,40-,41-,42+/m1/s1. The fourth-order valence-electron chi connectivity index (χ4n) is 14.5. The number of ether oxygens (including phenoxy) is 4. The summed E-state index contributed by atoms with van der Waals surface area (Å²) in [5, 5.41) is 108. The van der Waals surface area contributed by atoms with E-state index in [9.17, 15) is 51.1 Å². The summed E-state index contributed by atoms with van der Waals surface area (Å²) >= 11 is 0. The maximum absolute atomic E-state index is 12.5. The largest absolute Gasteiger partial charge is 0.394 e. The maximum Gasteiger partial charge on any atom is 0.187 e. The van der Waals surface area contributed by atoms with Crippen molar-refractivity contribution in [2.45, 2.75) is 192 Å². The van der Waals surface area contributed by atoms with E-state index >= 15 is 0 Å². The minimum Gasteiger partial charge on any atom is -0.394 e. The van der Waals surface area contributed by atoms with Crippen molar-refractivity contribution in [1.29, 1.82) is 0 Å². The van der Waals surface area contributed by atoms with E-state index in [0.717, 1.165) is 32.1 Å². The van der Waals surface area contributed by atoms with Gasteiger partial charge in [0.2, 0.25) is 0 Å². The number of hydrogen-bond acceptors (Lipinski definition) is 14. The Balaban J connectivity index is 1.11. The molecule has 2 spiro atoms. The lowest BCUT2D eigenvalue weighted by Gasteiger charge is -2.64. The third kappa shape index (κ3) is 6.24. The predicted octanol–water partition coefficient (Wildman–Crippen LogP) is 0.810. The van der Waals surface area contributed by atoms with E-state index in [1.54, 1.807) is 0 Å². The first kappa shape index (κ1) is 43.5. The summed E-state index contributed by atoms with van der Waals surface area (Å²) in [7, 11) is 0. The molecular formula is C42H72O14. The van der Waals surface area contributed by atoms with Gasteiger partial charge >= 0.3 is 0 Å². The highest BCUT2D eigenvalue weighted by atomic mass is 16.8. The Labute approximate surface area is 331 Å². The van der Waals surface area contributed by atoms with Gasteiger partial charge in [0.05, 0.1) is 37.6 Å². The number of aliphatic hydroxyl groups excluding tert-OH is 10. The van der Waals surface area contributed by atoms with Crippen molar-refractivity contribution in [3.8, 4) is 0 Å². The Bertz CT molecular complexity index is 1400. The van der Waals surface area contributed by atoms with Gasteiger partial charge in [0.25, 0.3) is 0 Å². The Morgan fingerprint density at radius 3 is 1.91 bits per heavy atom. The van der Waals surface area contributed by atoms with Gasteiger partial charge in [-0.1, -0.05) is 48.5 Å². The van der Waals surface area contributed by atoms with Gasteiger partial charge in [-0.15, -0.1) is 0 Å². The molecular weight excluding hydrogens is 728 g/mol. The van der Waals surface area contributed by atoms with Crippen molar-refractivity contribution in [3.05, 3.63) is 0 Å². The number of rotatable bonds is 11. The van der Waals surface area contributed by atoms with Crippen LogP contribution in [0.15, 0.2) is 0 Å². The fourth-order valence-corrected chi connectivity index (χ4v) is 14.5. The van der Waals surface area contributed by atoms with Crippen molar-refractivity contribution in [2.24, 2.45) is 56.7 Å². The van der Waals surface area contributed by atoms with E-state index in [2.05, 4.69) is 34.6 Å². The van der Waals surface area contributed by atoms with Gasteiger partial charge in [0.1, 0.15) is 48.8 Å². The van der Waals surface area contributed by atoms with Crippen LogP contribution in [0.2, 0.25) is 0 Å². The third-order valence-electron chi connectivity index (χ3n) is 17.7. The Hall–Kier alpha value is -0.560. The molecule has 0 aromatic carbocycles. The van der Waals surface area contributed by atoms with E-state index in [4.69, 9.17) is 18.9 Å². The van der Waals surface area contributed by atoms with E-state index in [1.807, 2.05) is 13.8 Å². The average molecular weight is 801 g/mol. The van der Waals surface area contributed by atoms with E-state index in [1.165, 1.54) is 0 Å². The summed E-state index contributed by atoms with van der Waals surface area (Å²) in [6.45, 7) is 14.0. The second-order valence-electron chi connectivity index (χ2n) is 20.8. The first-order chi connectivity index (χ1) is 26.2. The van der Waals surface area contributed by atoms with Gasteiger partial charge in [0.15, 0.2) is 12.6 Å². The monoisotopic (exact) mass is 800 g/mol. The topological polar surface area (TPSA) is 239 Å². The predicted molar refractivity (Wildman–Crippen MR) is 200 cm³/mol. The molecule has 22 atom stereocenters. The van der Waals surface area contributed by atoms with Crippen LogP contribution in [-0.4, -0.2) is 150 Å². The molecule has 7 fully saturated rings. The second-order valence-corrected chi connectivity index (χ2v) is 20.8. The van der Waals surface area contributed by atoms with Crippen LogP contribution in [0.25, 0.3) is 0 Å². The van der Waals surface area contributed by atoms with Crippen LogP contribution >= 0.6 is 0 Å². The van der Waals surface area contributed by atoms with Gasteiger partial charge in [-0.2, -0.15) is 0 Å². The molecule has 0 bridgehead atoms. The van der Waals surface area contributed by atoms with E-state index in [-0.39, 0.29) is 57.4 Å². The van der Waals surface area contributed by atoms with Gasteiger partial charge in [0, 0.05) is 5.41 Å². The van der Waals surface area contributed by atoms with Crippen molar-refractivity contribution in [2.75, 3.05) is 13.2 Å². The molecule has 5 saturated carbocycles. The van der Waals surface area contributed by atoms with Crippen LogP contribution in [0, 0.1) is 56.7 Å². The first-order valence-electron chi connectivity index (χ1n) is 21.4. The zero-order valence-corrected chi connectivity index (χ0v) is 34.4. The van der Waals surface area contributed by atoms with Crippen LogP contribution in [0.5, 0.6) is 0 Å². The summed E-state index contributed by atoms with van der Waals surface area (Å²) in [4.78, 5) is 0. The van der Waals surface area contributed by atoms with Gasteiger partial charge in [-0.3, -0.25) is 0 Å². The smallest absolute Gasteiger partial charge is 0.187 e. The highest BCUT2D eigenvalue weighted by Crippen LogP contribution is 2.89. The molecule has 2 heterocycles. The molecule has 7 rings (SSSR count). The lowest BCUT2D eigenvalue weighted by atomic mass is 9.41. The molecule has 324 valence electrons. The molecule has 10 N–H and O–H groups in total. The van der Waals surface area contributed by atoms with Gasteiger partial charge in [-0.25, -0.2) is 0 Å². The third-order valence-corrected chi connectivity index (χ3v) is 17.7. The molecule has 0 amide bonds. The highest BCUT2D eigenvalue weighted by molar-refractivity contribution is 5.33. The summed E-state index contributed by atoms with van der Waals surface area (Å²) in [5.74, 6) is 0.808. The molecule has 0 unspecified atom stereocenters.